The molecule has 0 radical (unpaired) electrons. The Labute approximate surface area is 120 Å². The van der Waals surface area contributed by atoms with Crippen LogP contribution >= 0.6 is 0 Å². The summed E-state index contributed by atoms with van der Waals surface area (Å²) in [4.78, 5) is 8.47. The fourth-order valence-corrected chi connectivity index (χ4v) is 2.46. The van der Waals surface area contributed by atoms with Crippen LogP contribution in [0, 0.1) is 0 Å². The summed E-state index contributed by atoms with van der Waals surface area (Å²) in [5.41, 5.74) is 1.11. The molecule has 0 bridgehead atoms. The molecule has 2 N–H and O–H groups in total. The number of nitrogens with zero attached hydrogens (tertiary/aromatic N) is 2. The van der Waals surface area contributed by atoms with E-state index in [0.717, 1.165) is 11.5 Å². The van der Waals surface area contributed by atoms with Crippen LogP contribution < -0.4 is 15.4 Å². The lowest BCUT2D eigenvalue weighted by molar-refractivity contribution is 0.397. The highest BCUT2D eigenvalue weighted by atomic mass is 16.5. The average Bonchev–Trinajstić information content (AvgIpc) is 2.53. The van der Waals surface area contributed by atoms with E-state index in [-0.39, 0.29) is 0 Å². The van der Waals surface area contributed by atoms with E-state index >= 15 is 0 Å². The van der Waals surface area contributed by atoms with Gasteiger partial charge in [-0.1, -0.05) is 25.3 Å². The molecular weight excluding hydrogens is 252 g/mol. The fraction of sp³-hybridized carbons (Fsp3) is 0.600. The van der Waals surface area contributed by atoms with E-state index in [2.05, 4.69) is 20.6 Å². The standard InChI is InChI=1S/C15H24N4O/c1-16-15(19-13-6-4-3-5-7-13)18-11-12-8-9-14(20-2)17-10-12/h8-10,13H,3-7,11H2,1-2H3,(H2,16,18,19). The van der Waals surface area contributed by atoms with Gasteiger partial charge in [0.1, 0.15) is 0 Å². The van der Waals surface area contributed by atoms with E-state index in [1.165, 1.54) is 32.1 Å². The lowest BCUT2D eigenvalue weighted by Crippen LogP contribution is -2.43. The molecule has 1 aliphatic carbocycles. The molecule has 1 aromatic heterocycles. The molecule has 0 atom stereocenters. The normalized spacial score (nSPS) is 16.8. The number of aliphatic imine (C=N–C) groups is 1. The van der Waals surface area contributed by atoms with E-state index in [0.29, 0.717) is 18.5 Å². The van der Waals surface area contributed by atoms with E-state index in [9.17, 15) is 0 Å². The van der Waals surface area contributed by atoms with Crippen LogP contribution in [-0.4, -0.2) is 31.1 Å². The van der Waals surface area contributed by atoms with E-state index in [1.54, 1.807) is 7.11 Å². The van der Waals surface area contributed by atoms with Crippen molar-refractivity contribution in [2.45, 2.75) is 44.7 Å². The van der Waals surface area contributed by atoms with Gasteiger partial charge in [0.15, 0.2) is 5.96 Å². The van der Waals surface area contributed by atoms with Crippen molar-refractivity contribution in [2.24, 2.45) is 4.99 Å². The zero-order valence-electron chi connectivity index (χ0n) is 12.4. The number of methoxy groups -OCH3 is 1. The Morgan fingerprint density at radius 2 is 2.15 bits per heavy atom. The maximum absolute atomic E-state index is 5.05. The molecule has 5 heteroatoms. The molecule has 5 nitrogen and oxygen atoms in total. The van der Waals surface area contributed by atoms with Crippen LogP contribution in [0.2, 0.25) is 0 Å². The van der Waals surface area contributed by atoms with Crippen molar-refractivity contribution in [1.29, 1.82) is 0 Å². The van der Waals surface area contributed by atoms with Crippen molar-refractivity contribution < 1.29 is 4.74 Å². The first-order valence-corrected chi connectivity index (χ1v) is 7.28. The van der Waals surface area contributed by atoms with Crippen molar-refractivity contribution >= 4 is 5.96 Å². The van der Waals surface area contributed by atoms with Gasteiger partial charge >= 0.3 is 0 Å². The number of ether oxygens (including phenoxy) is 1. The van der Waals surface area contributed by atoms with Gasteiger partial charge < -0.3 is 15.4 Å². The predicted molar refractivity (Wildman–Crippen MR) is 81.0 cm³/mol. The lowest BCUT2D eigenvalue weighted by Gasteiger charge is -2.24. The molecule has 20 heavy (non-hydrogen) atoms. The summed E-state index contributed by atoms with van der Waals surface area (Å²) < 4.78 is 5.05. The number of pyridine rings is 1. The molecular formula is C15H24N4O. The number of nitrogens with one attached hydrogen (secondary N) is 2. The summed E-state index contributed by atoms with van der Waals surface area (Å²) in [7, 11) is 3.43. The Bertz CT molecular complexity index is 424. The molecule has 0 amide bonds. The van der Waals surface area contributed by atoms with Crippen molar-refractivity contribution in [3.8, 4) is 5.88 Å². The molecule has 1 heterocycles. The number of aromatic nitrogens is 1. The largest absolute Gasteiger partial charge is 0.481 e. The second-order valence-electron chi connectivity index (χ2n) is 5.11. The first kappa shape index (κ1) is 14.6. The van der Waals surface area contributed by atoms with Gasteiger partial charge in [0.05, 0.1) is 7.11 Å². The average molecular weight is 276 g/mol. The van der Waals surface area contributed by atoms with E-state index in [4.69, 9.17) is 4.74 Å². The van der Waals surface area contributed by atoms with Gasteiger partial charge in [-0.25, -0.2) is 4.98 Å². The Morgan fingerprint density at radius 3 is 2.75 bits per heavy atom. The molecule has 2 rings (SSSR count). The highest BCUT2D eigenvalue weighted by Gasteiger charge is 2.14. The Balaban J connectivity index is 1.80. The first-order chi connectivity index (χ1) is 9.81. The quantitative estimate of drug-likeness (QED) is 0.653. The number of guanidine groups is 1. The van der Waals surface area contributed by atoms with Crippen LogP contribution in [-0.2, 0) is 6.54 Å². The van der Waals surface area contributed by atoms with Crippen LogP contribution in [0.4, 0.5) is 0 Å². The predicted octanol–water partition coefficient (Wildman–Crippen LogP) is 2.09. The third kappa shape index (κ3) is 4.40. The highest BCUT2D eigenvalue weighted by molar-refractivity contribution is 5.79. The van der Waals surface area contributed by atoms with Crippen LogP contribution in [0.3, 0.4) is 0 Å². The minimum atomic E-state index is 0.559. The second kappa shape index (κ2) is 7.72. The second-order valence-corrected chi connectivity index (χ2v) is 5.11. The van der Waals surface area contributed by atoms with Crippen LogP contribution in [0.25, 0.3) is 0 Å². The minimum absolute atomic E-state index is 0.559. The van der Waals surface area contributed by atoms with Gasteiger partial charge in [0.2, 0.25) is 5.88 Å². The summed E-state index contributed by atoms with van der Waals surface area (Å²) in [6.07, 6.45) is 8.30. The number of hydrogen-bond acceptors (Lipinski definition) is 3. The van der Waals surface area contributed by atoms with Crippen molar-refractivity contribution in [3.63, 3.8) is 0 Å². The Hall–Kier alpha value is -1.78. The molecule has 0 saturated heterocycles. The van der Waals surface area contributed by atoms with Gasteiger partial charge in [0, 0.05) is 31.9 Å². The summed E-state index contributed by atoms with van der Waals surface area (Å²) in [6.45, 7) is 0.712. The molecule has 1 aromatic rings. The molecule has 0 unspecified atom stereocenters. The number of hydrogen-bond donors (Lipinski definition) is 2. The monoisotopic (exact) mass is 276 g/mol. The highest BCUT2D eigenvalue weighted by Crippen LogP contribution is 2.17. The van der Waals surface area contributed by atoms with Gasteiger partial charge in [0.25, 0.3) is 0 Å². The molecule has 1 saturated carbocycles. The molecule has 1 fully saturated rings. The zero-order chi connectivity index (χ0) is 14.2. The van der Waals surface area contributed by atoms with Crippen LogP contribution in [0.15, 0.2) is 23.3 Å². The van der Waals surface area contributed by atoms with Crippen molar-refractivity contribution in [3.05, 3.63) is 23.9 Å². The zero-order valence-corrected chi connectivity index (χ0v) is 12.4. The SMILES string of the molecule is CN=C(NCc1ccc(OC)nc1)NC1CCCCC1. The molecule has 0 aromatic carbocycles. The van der Waals surface area contributed by atoms with Gasteiger partial charge in [-0.05, 0) is 18.4 Å². The third-order valence-corrected chi connectivity index (χ3v) is 3.64. The maximum Gasteiger partial charge on any atom is 0.212 e. The summed E-state index contributed by atoms with van der Waals surface area (Å²) in [6, 6.07) is 4.44. The molecule has 0 spiro atoms. The summed E-state index contributed by atoms with van der Waals surface area (Å²) >= 11 is 0. The van der Waals surface area contributed by atoms with E-state index < -0.39 is 0 Å². The summed E-state index contributed by atoms with van der Waals surface area (Å²) in [5.74, 6) is 1.51. The van der Waals surface area contributed by atoms with Gasteiger partial charge in [-0.3, -0.25) is 4.99 Å². The van der Waals surface area contributed by atoms with Crippen molar-refractivity contribution in [2.75, 3.05) is 14.2 Å². The van der Waals surface area contributed by atoms with Gasteiger partial charge in [-0.2, -0.15) is 0 Å². The Morgan fingerprint density at radius 1 is 1.35 bits per heavy atom. The van der Waals surface area contributed by atoms with E-state index in [1.807, 2.05) is 25.4 Å². The number of rotatable bonds is 4. The topological polar surface area (TPSA) is 58.5 Å². The van der Waals surface area contributed by atoms with Crippen molar-refractivity contribution in [1.82, 2.24) is 15.6 Å². The third-order valence-electron chi connectivity index (χ3n) is 3.64. The first-order valence-electron chi connectivity index (χ1n) is 7.28. The molecule has 110 valence electrons. The maximum atomic E-state index is 5.05. The summed E-state index contributed by atoms with van der Waals surface area (Å²) in [5, 5.41) is 6.82. The minimum Gasteiger partial charge on any atom is -0.481 e. The van der Waals surface area contributed by atoms with Gasteiger partial charge in [-0.15, -0.1) is 0 Å². The smallest absolute Gasteiger partial charge is 0.212 e. The Kier molecular flexibility index (Phi) is 5.65. The van der Waals surface area contributed by atoms with Crippen LogP contribution in [0.5, 0.6) is 5.88 Å². The molecule has 1 aliphatic rings. The van der Waals surface area contributed by atoms with Crippen LogP contribution in [0.1, 0.15) is 37.7 Å². The lowest BCUT2D eigenvalue weighted by atomic mass is 9.96. The fourth-order valence-electron chi connectivity index (χ4n) is 2.46. The molecule has 0 aliphatic heterocycles.